The van der Waals surface area contributed by atoms with Crippen molar-refractivity contribution in [3.8, 4) is 0 Å². The zero-order valence-corrected chi connectivity index (χ0v) is 18.1. The molecule has 28 heavy (non-hydrogen) atoms. The Balaban J connectivity index is 1.42. The Morgan fingerprint density at radius 3 is 2.82 bits per heavy atom. The molecule has 2 heterocycles. The topological polar surface area (TPSA) is 67.1 Å². The van der Waals surface area contributed by atoms with Crippen LogP contribution in [0.3, 0.4) is 0 Å². The van der Waals surface area contributed by atoms with Gasteiger partial charge in [0.15, 0.2) is 11.8 Å². The standard InChI is InChI=1S/C21H29BrN6/c1-23-20(24-14-19-27-26-18-9-6-12-28(18)19)25-15-21(10-3-2-4-11-21)16-7-5-8-17(22)13-16/h5,7-8,13H,2-4,6,9-12,14-15H2,1H3,(H2,23,24,25). The maximum absolute atomic E-state index is 4.44. The highest BCUT2D eigenvalue weighted by atomic mass is 79.9. The van der Waals surface area contributed by atoms with Crippen molar-refractivity contribution in [2.45, 2.75) is 63.5 Å². The first-order valence-electron chi connectivity index (χ1n) is 10.3. The number of fused-ring (bicyclic) bond motifs is 1. The molecule has 1 aliphatic heterocycles. The molecule has 0 spiro atoms. The number of nitrogens with zero attached hydrogens (tertiary/aromatic N) is 4. The molecule has 0 atom stereocenters. The van der Waals surface area contributed by atoms with Gasteiger partial charge in [-0.25, -0.2) is 0 Å². The molecule has 0 amide bonds. The van der Waals surface area contributed by atoms with Crippen LogP contribution in [0.2, 0.25) is 0 Å². The average molecular weight is 445 g/mol. The number of rotatable bonds is 5. The van der Waals surface area contributed by atoms with Crippen molar-refractivity contribution >= 4 is 21.9 Å². The fourth-order valence-corrected chi connectivity index (χ4v) is 4.99. The molecule has 2 aromatic rings. The minimum Gasteiger partial charge on any atom is -0.356 e. The quantitative estimate of drug-likeness (QED) is 0.546. The molecule has 0 saturated heterocycles. The van der Waals surface area contributed by atoms with Gasteiger partial charge in [0, 0.05) is 36.4 Å². The van der Waals surface area contributed by atoms with Crippen LogP contribution in [-0.2, 0) is 24.9 Å². The van der Waals surface area contributed by atoms with Crippen molar-refractivity contribution in [1.82, 2.24) is 25.4 Å². The number of aryl methyl sites for hydroxylation is 1. The fourth-order valence-electron chi connectivity index (χ4n) is 4.59. The Bertz CT molecular complexity index is 837. The van der Waals surface area contributed by atoms with Gasteiger partial charge >= 0.3 is 0 Å². The van der Waals surface area contributed by atoms with Gasteiger partial charge in [-0.1, -0.05) is 47.3 Å². The summed E-state index contributed by atoms with van der Waals surface area (Å²) in [4.78, 5) is 4.44. The van der Waals surface area contributed by atoms with Gasteiger partial charge in [0.25, 0.3) is 0 Å². The summed E-state index contributed by atoms with van der Waals surface area (Å²) in [5, 5.41) is 15.6. The number of nitrogens with one attached hydrogen (secondary N) is 2. The summed E-state index contributed by atoms with van der Waals surface area (Å²) in [6.07, 6.45) is 8.53. The molecule has 0 radical (unpaired) electrons. The smallest absolute Gasteiger partial charge is 0.191 e. The number of aliphatic imine (C=N–C) groups is 1. The lowest BCUT2D eigenvalue weighted by Crippen LogP contribution is -2.46. The third kappa shape index (κ3) is 4.09. The molecule has 6 nitrogen and oxygen atoms in total. The van der Waals surface area contributed by atoms with Crippen molar-refractivity contribution in [3.63, 3.8) is 0 Å². The second-order valence-corrected chi connectivity index (χ2v) is 8.83. The Hall–Kier alpha value is -1.89. The van der Waals surface area contributed by atoms with Gasteiger partial charge < -0.3 is 15.2 Å². The third-order valence-electron chi connectivity index (χ3n) is 6.17. The Kier molecular flexibility index (Phi) is 5.99. The Morgan fingerprint density at radius 2 is 2.04 bits per heavy atom. The van der Waals surface area contributed by atoms with Gasteiger partial charge in [0.2, 0.25) is 0 Å². The van der Waals surface area contributed by atoms with E-state index in [2.05, 4.69) is 70.6 Å². The molecule has 2 N–H and O–H groups in total. The van der Waals surface area contributed by atoms with E-state index < -0.39 is 0 Å². The van der Waals surface area contributed by atoms with Gasteiger partial charge in [-0.2, -0.15) is 0 Å². The highest BCUT2D eigenvalue weighted by Gasteiger charge is 2.34. The minimum atomic E-state index is 0.162. The van der Waals surface area contributed by atoms with E-state index in [0.29, 0.717) is 6.54 Å². The third-order valence-corrected chi connectivity index (χ3v) is 6.66. The molecule has 4 rings (SSSR count). The first kappa shape index (κ1) is 19.4. The normalized spacial score (nSPS) is 18.7. The highest BCUT2D eigenvalue weighted by molar-refractivity contribution is 9.10. The molecular formula is C21H29BrN6. The summed E-state index contributed by atoms with van der Waals surface area (Å²) >= 11 is 3.65. The molecule has 1 aromatic carbocycles. The lowest BCUT2D eigenvalue weighted by Gasteiger charge is -2.38. The highest BCUT2D eigenvalue weighted by Crippen LogP contribution is 2.39. The van der Waals surface area contributed by atoms with Crippen molar-refractivity contribution in [3.05, 3.63) is 46.0 Å². The molecule has 1 fully saturated rings. The monoisotopic (exact) mass is 444 g/mol. The number of benzene rings is 1. The second kappa shape index (κ2) is 8.64. The number of hydrogen-bond donors (Lipinski definition) is 2. The summed E-state index contributed by atoms with van der Waals surface area (Å²) in [6.45, 7) is 2.56. The average Bonchev–Trinajstić information content (AvgIpc) is 3.33. The van der Waals surface area contributed by atoms with Gasteiger partial charge in [-0.15, -0.1) is 10.2 Å². The number of aromatic nitrogens is 3. The summed E-state index contributed by atoms with van der Waals surface area (Å²) in [5.41, 5.74) is 1.58. The summed E-state index contributed by atoms with van der Waals surface area (Å²) in [7, 11) is 1.83. The van der Waals surface area contributed by atoms with E-state index in [0.717, 1.165) is 41.6 Å². The van der Waals surface area contributed by atoms with Crippen LogP contribution in [-0.4, -0.2) is 34.3 Å². The van der Waals surface area contributed by atoms with E-state index in [1.165, 1.54) is 44.1 Å². The fraction of sp³-hybridized carbons (Fsp3) is 0.571. The molecule has 7 heteroatoms. The Labute approximate surface area is 175 Å². The van der Waals surface area contributed by atoms with Gasteiger partial charge in [0.1, 0.15) is 5.82 Å². The molecule has 2 aliphatic rings. The van der Waals surface area contributed by atoms with Crippen LogP contribution in [0.15, 0.2) is 33.7 Å². The number of hydrogen-bond acceptors (Lipinski definition) is 3. The molecule has 1 saturated carbocycles. The van der Waals surface area contributed by atoms with Crippen molar-refractivity contribution in [2.24, 2.45) is 4.99 Å². The van der Waals surface area contributed by atoms with Crippen LogP contribution in [0.1, 0.15) is 55.7 Å². The largest absolute Gasteiger partial charge is 0.356 e. The van der Waals surface area contributed by atoms with Gasteiger partial charge in [-0.05, 0) is 37.0 Å². The van der Waals surface area contributed by atoms with Crippen LogP contribution < -0.4 is 10.6 Å². The van der Waals surface area contributed by atoms with E-state index in [1.807, 2.05) is 7.05 Å². The minimum absolute atomic E-state index is 0.162. The SMILES string of the molecule is CN=C(NCc1nnc2n1CCC2)NCC1(c2cccc(Br)c2)CCCCC1. The van der Waals surface area contributed by atoms with E-state index >= 15 is 0 Å². The predicted molar refractivity (Wildman–Crippen MR) is 115 cm³/mol. The molecule has 150 valence electrons. The Morgan fingerprint density at radius 1 is 1.18 bits per heavy atom. The zero-order chi connectivity index (χ0) is 19.4. The summed E-state index contributed by atoms with van der Waals surface area (Å²) in [6, 6.07) is 8.80. The van der Waals surface area contributed by atoms with E-state index in [9.17, 15) is 0 Å². The van der Waals surface area contributed by atoms with Gasteiger partial charge in [-0.3, -0.25) is 4.99 Å². The zero-order valence-electron chi connectivity index (χ0n) is 16.5. The lowest BCUT2D eigenvalue weighted by atomic mass is 9.69. The van der Waals surface area contributed by atoms with Crippen LogP contribution in [0.4, 0.5) is 0 Å². The summed E-state index contributed by atoms with van der Waals surface area (Å²) < 4.78 is 3.38. The van der Waals surface area contributed by atoms with E-state index in [-0.39, 0.29) is 5.41 Å². The first-order valence-corrected chi connectivity index (χ1v) is 11.1. The lowest BCUT2D eigenvalue weighted by molar-refractivity contribution is 0.291. The van der Waals surface area contributed by atoms with Crippen LogP contribution >= 0.6 is 15.9 Å². The molecule has 1 aliphatic carbocycles. The van der Waals surface area contributed by atoms with Crippen LogP contribution in [0, 0.1) is 0 Å². The van der Waals surface area contributed by atoms with Gasteiger partial charge in [0.05, 0.1) is 6.54 Å². The van der Waals surface area contributed by atoms with Crippen LogP contribution in [0.25, 0.3) is 0 Å². The summed E-state index contributed by atoms with van der Waals surface area (Å²) in [5.74, 6) is 2.93. The number of guanidine groups is 1. The number of halogens is 1. The molecular weight excluding hydrogens is 416 g/mol. The van der Waals surface area contributed by atoms with Crippen molar-refractivity contribution in [2.75, 3.05) is 13.6 Å². The molecule has 0 bridgehead atoms. The van der Waals surface area contributed by atoms with E-state index in [4.69, 9.17) is 0 Å². The predicted octanol–water partition coefficient (Wildman–Crippen LogP) is 3.55. The van der Waals surface area contributed by atoms with Crippen molar-refractivity contribution < 1.29 is 0 Å². The second-order valence-electron chi connectivity index (χ2n) is 7.92. The molecule has 0 unspecified atom stereocenters. The van der Waals surface area contributed by atoms with Crippen LogP contribution in [0.5, 0.6) is 0 Å². The first-order chi connectivity index (χ1) is 13.7. The molecule has 1 aromatic heterocycles. The maximum atomic E-state index is 4.44. The maximum Gasteiger partial charge on any atom is 0.191 e. The van der Waals surface area contributed by atoms with E-state index in [1.54, 1.807) is 0 Å². The van der Waals surface area contributed by atoms with Crippen molar-refractivity contribution in [1.29, 1.82) is 0 Å².